The van der Waals surface area contributed by atoms with Gasteiger partial charge in [-0.3, -0.25) is 4.79 Å². The predicted molar refractivity (Wildman–Crippen MR) is 75.4 cm³/mol. The minimum atomic E-state index is 0.0174. The number of carbonyl (C=O) groups excluding carboxylic acids is 1. The summed E-state index contributed by atoms with van der Waals surface area (Å²) in [5, 5.41) is 4.07. The van der Waals surface area contributed by atoms with Gasteiger partial charge < -0.3 is 15.2 Å². The van der Waals surface area contributed by atoms with E-state index in [9.17, 15) is 4.79 Å². The Morgan fingerprint density at radius 3 is 2.75 bits per heavy atom. The van der Waals surface area contributed by atoms with Crippen LogP contribution in [0.2, 0.25) is 0 Å². The first-order valence-electron chi connectivity index (χ1n) is 7.69. The maximum absolute atomic E-state index is 12.6. The first-order chi connectivity index (χ1) is 9.66. The molecule has 1 aromatic rings. The van der Waals surface area contributed by atoms with E-state index in [0.717, 1.165) is 62.9 Å². The highest BCUT2D eigenvalue weighted by molar-refractivity contribution is 5.93. The number of likely N-dealkylation sites (tertiary alicyclic amines) is 1. The molecule has 0 bridgehead atoms. The molecule has 0 aromatic carbocycles. The van der Waals surface area contributed by atoms with Crippen molar-refractivity contribution in [3.63, 3.8) is 0 Å². The second kappa shape index (κ2) is 5.56. The van der Waals surface area contributed by atoms with Gasteiger partial charge in [0.15, 0.2) is 0 Å². The number of rotatable bonds is 2. The topological polar surface area (TPSA) is 72.4 Å². The molecule has 1 amide bonds. The van der Waals surface area contributed by atoms with Crippen molar-refractivity contribution in [2.45, 2.75) is 51.5 Å². The Balaban J connectivity index is 1.69. The number of hydrogen-bond acceptors (Lipinski definition) is 4. The van der Waals surface area contributed by atoms with Crippen molar-refractivity contribution in [1.82, 2.24) is 10.1 Å². The lowest BCUT2D eigenvalue weighted by Gasteiger charge is -2.33. The second-order valence-corrected chi connectivity index (χ2v) is 6.13. The fourth-order valence-corrected chi connectivity index (χ4v) is 3.33. The third-order valence-electron chi connectivity index (χ3n) is 4.72. The van der Waals surface area contributed by atoms with Gasteiger partial charge in [0.05, 0.1) is 5.69 Å². The first-order valence-corrected chi connectivity index (χ1v) is 7.69. The fraction of sp³-hybridized carbons (Fsp3) is 0.733. The Kier molecular flexibility index (Phi) is 3.78. The fourth-order valence-electron chi connectivity index (χ4n) is 3.33. The van der Waals surface area contributed by atoms with Crippen LogP contribution < -0.4 is 5.73 Å². The number of aromatic nitrogens is 1. The molecule has 3 rings (SSSR count). The summed E-state index contributed by atoms with van der Waals surface area (Å²) in [6.07, 6.45) is 6.11. The smallest absolute Gasteiger partial charge is 0.292 e. The van der Waals surface area contributed by atoms with Crippen LogP contribution in [0.1, 0.15) is 54.4 Å². The Morgan fingerprint density at radius 2 is 2.05 bits per heavy atom. The highest BCUT2D eigenvalue weighted by Crippen LogP contribution is 2.27. The monoisotopic (exact) mass is 277 g/mol. The maximum Gasteiger partial charge on any atom is 0.292 e. The molecule has 1 atom stereocenters. The number of aryl methyl sites for hydroxylation is 1. The zero-order valence-electron chi connectivity index (χ0n) is 12.1. The Morgan fingerprint density at radius 1 is 1.35 bits per heavy atom. The molecule has 110 valence electrons. The molecular weight excluding hydrogens is 254 g/mol. The molecule has 0 spiro atoms. The van der Waals surface area contributed by atoms with E-state index in [1.165, 1.54) is 0 Å². The lowest BCUT2D eigenvalue weighted by atomic mass is 9.90. The van der Waals surface area contributed by atoms with Crippen molar-refractivity contribution in [2.24, 2.45) is 11.7 Å². The predicted octanol–water partition coefficient (Wildman–Crippen LogP) is 1.75. The summed E-state index contributed by atoms with van der Waals surface area (Å²) in [5.41, 5.74) is 7.98. The Bertz CT molecular complexity index is 487. The third-order valence-corrected chi connectivity index (χ3v) is 4.72. The molecule has 0 radical (unpaired) electrons. The summed E-state index contributed by atoms with van der Waals surface area (Å²) in [6.45, 7) is 3.61. The molecule has 1 aromatic heterocycles. The van der Waals surface area contributed by atoms with Gasteiger partial charge in [0.25, 0.3) is 5.91 Å². The highest BCUT2D eigenvalue weighted by atomic mass is 16.5. The van der Waals surface area contributed by atoms with Crippen molar-refractivity contribution >= 4 is 5.91 Å². The maximum atomic E-state index is 12.6. The van der Waals surface area contributed by atoms with Crippen LogP contribution in [-0.2, 0) is 12.8 Å². The molecule has 5 heteroatoms. The second-order valence-electron chi connectivity index (χ2n) is 6.13. The quantitative estimate of drug-likeness (QED) is 0.894. The van der Waals surface area contributed by atoms with E-state index in [2.05, 4.69) is 12.1 Å². The van der Waals surface area contributed by atoms with Gasteiger partial charge in [-0.05, 0) is 51.4 Å². The molecule has 20 heavy (non-hydrogen) atoms. The van der Waals surface area contributed by atoms with Gasteiger partial charge in [0, 0.05) is 24.7 Å². The highest BCUT2D eigenvalue weighted by Gasteiger charge is 2.30. The van der Waals surface area contributed by atoms with E-state index in [4.69, 9.17) is 10.3 Å². The zero-order valence-corrected chi connectivity index (χ0v) is 12.1. The molecule has 0 saturated carbocycles. The Labute approximate surface area is 119 Å². The van der Waals surface area contributed by atoms with Gasteiger partial charge in [-0.1, -0.05) is 5.16 Å². The average molecular weight is 277 g/mol. The summed E-state index contributed by atoms with van der Waals surface area (Å²) < 4.78 is 5.34. The van der Waals surface area contributed by atoms with E-state index in [0.29, 0.717) is 11.7 Å². The first kappa shape index (κ1) is 13.6. The molecule has 2 aliphatic rings. The molecule has 2 N–H and O–H groups in total. The van der Waals surface area contributed by atoms with Crippen LogP contribution in [0.3, 0.4) is 0 Å². The normalized spacial score (nSPS) is 21.6. The van der Waals surface area contributed by atoms with Crippen LogP contribution in [-0.4, -0.2) is 35.1 Å². The molecule has 1 unspecified atom stereocenters. The lowest BCUT2D eigenvalue weighted by Crippen LogP contribution is -2.42. The van der Waals surface area contributed by atoms with Crippen LogP contribution in [0.5, 0.6) is 0 Å². The number of nitrogens with zero attached hydrogens (tertiary/aromatic N) is 2. The molecule has 1 saturated heterocycles. The number of carbonyl (C=O) groups is 1. The summed E-state index contributed by atoms with van der Waals surface area (Å²) in [5.74, 6) is 1.03. The van der Waals surface area contributed by atoms with Crippen LogP contribution in [0, 0.1) is 5.92 Å². The molecule has 2 heterocycles. The van der Waals surface area contributed by atoms with E-state index >= 15 is 0 Å². The molecule has 1 aliphatic heterocycles. The van der Waals surface area contributed by atoms with Crippen molar-refractivity contribution in [3.05, 3.63) is 17.0 Å². The van der Waals surface area contributed by atoms with Crippen LogP contribution in [0.25, 0.3) is 0 Å². The lowest BCUT2D eigenvalue weighted by molar-refractivity contribution is 0.0638. The van der Waals surface area contributed by atoms with E-state index in [-0.39, 0.29) is 11.9 Å². The number of fused-ring (bicyclic) bond motifs is 1. The summed E-state index contributed by atoms with van der Waals surface area (Å²) >= 11 is 0. The van der Waals surface area contributed by atoms with Gasteiger partial charge in [0.1, 0.15) is 0 Å². The minimum absolute atomic E-state index is 0.0174. The molecule has 1 aliphatic carbocycles. The van der Waals surface area contributed by atoms with Crippen LogP contribution in [0.4, 0.5) is 0 Å². The van der Waals surface area contributed by atoms with Gasteiger partial charge in [-0.2, -0.15) is 0 Å². The Hall–Kier alpha value is -1.36. The largest absolute Gasteiger partial charge is 0.350 e. The molecule has 1 fully saturated rings. The number of nitrogens with two attached hydrogens (primary N) is 1. The van der Waals surface area contributed by atoms with Crippen LogP contribution >= 0.6 is 0 Å². The number of piperidine rings is 1. The standard InChI is InChI=1S/C15H23N3O2/c1-10(16)11-6-8-18(9-7-11)15(19)14-12-4-2-3-5-13(12)17-20-14/h10-11H,2-9,16H2,1H3. The van der Waals surface area contributed by atoms with E-state index in [1.54, 1.807) is 0 Å². The summed E-state index contributed by atoms with van der Waals surface area (Å²) in [7, 11) is 0. The number of amides is 1. The minimum Gasteiger partial charge on any atom is -0.350 e. The summed E-state index contributed by atoms with van der Waals surface area (Å²) in [4.78, 5) is 14.5. The van der Waals surface area contributed by atoms with Crippen molar-refractivity contribution in [3.8, 4) is 0 Å². The number of hydrogen-bond donors (Lipinski definition) is 1. The van der Waals surface area contributed by atoms with Gasteiger partial charge >= 0.3 is 0 Å². The SMILES string of the molecule is CC(N)C1CCN(C(=O)c2onc3c2CCCC3)CC1. The zero-order chi connectivity index (χ0) is 14.1. The summed E-state index contributed by atoms with van der Waals surface area (Å²) in [6, 6.07) is 0.213. The van der Waals surface area contributed by atoms with Gasteiger partial charge in [-0.15, -0.1) is 0 Å². The van der Waals surface area contributed by atoms with Crippen molar-refractivity contribution < 1.29 is 9.32 Å². The van der Waals surface area contributed by atoms with Crippen LogP contribution in [0.15, 0.2) is 4.52 Å². The third kappa shape index (κ3) is 2.46. The average Bonchev–Trinajstić information content (AvgIpc) is 2.90. The van der Waals surface area contributed by atoms with E-state index in [1.807, 2.05) is 4.90 Å². The van der Waals surface area contributed by atoms with Crippen molar-refractivity contribution in [2.75, 3.05) is 13.1 Å². The van der Waals surface area contributed by atoms with Crippen molar-refractivity contribution in [1.29, 1.82) is 0 Å². The molecule has 5 nitrogen and oxygen atoms in total. The molecular formula is C15H23N3O2. The van der Waals surface area contributed by atoms with E-state index < -0.39 is 0 Å². The van der Waals surface area contributed by atoms with Gasteiger partial charge in [-0.25, -0.2) is 0 Å². The van der Waals surface area contributed by atoms with Gasteiger partial charge in [0.2, 0.25) is 5.76 Å².